The van der Waals surface area contributed by atoms with E-state index in [1.807, 2.05) is 0 Å². The van der Waals surface area contributed by atoms with E-state index in [4.69, 9.17) is 0 Å². The molecule has 1 heterocycles. The standard InChI is InChI=1S/C15H21IN/c1-6-9-8-10-14(4)7(2)13(8,3)12(16-9)11(14)15(6,10)17-5/h6-12H,5H2,1-4H3/q-1/p+1. The quantitative estimate of drug-likeness (QED) is 0.308. The van der Waals surface area contributed by atoms with E-state index in [9.17, 15) is 0 Å². The van der Waals surface area contributed by atoms with E-state index in [0.29, 0.717) is 32.2 Å². The zero-order valence-corrected chi connectivity index (χ0v) is 13.3. The van der Waals surface area contributed by atoms with Gasteiger partial charge in [0.2, 0.25) is 0 Å². The SMILES string of the molecule is C=[NH+]C12C(C)C3[I-]C4C1C1(C)C(C)C4(C)C3C12. The predicted octanol–water partition coefficient (Wildman–Crippen LogP) is -2.47. The van der Waals surface area contributed by atoms with Gasteiger partial charge >= 0.3 is 114 Å². The van der Waals surface area contributed by atoms with Gasteiger partial charge in [0, 0.05) is 0 Å². The second kappa shape index (κ2) is 2.27. The third-order valence-corrected chi connectivity index (χ3v) is 13.9. The first-order chi connectivity index (χ1) is 7.96. The van der Waals surface area contributed by atoms with Crippen molar-refractivity contribution in [3.8, 4) is 0 Å². The monoisotopic (exact) mass is 343 g/mol. The molecule has 94 valence electrons. The van der Waals surface area contributed by atoms with Crippen LogP contribution >= 0.6 is 0 Å². The Morgan fingerprint density at radius 1 is 1.12 bits per heavy atom. The Kier molecular flexibility index (Phi) is 1.36. The van der Waals surface area contributed by atoms with Gasteiger partial charge in [-0.05, 0) is 0 Å². The van der Waals surface area contributed by atoms with Gasteiger partial charge in [0.25, 0.3) is 0 Å². The fraction of sp³-hybridized carbons (Fsp3) is 0.933. The molecule has 10 unspecified atom stereocenters. The summed E-state index contributed by atoms with van der Waals surface area (Å²) in [5.41, 5.74) is 1.87. The van der Waals surface area contributed by atoms with E-state index in [0.717, 1.165) is 42.9 Å². The number of fused-ring (bicyclic) bond motifs is 2. The minimum absolute atomic E-state index is 0.449. The molecule has 4 saturated carbocycles. The molecule has 1 saturated heterocycles. The van der Waals surface area contributed by atoms with Crippen molar-refractivity contribution in [3.05, 3.63) is 0 Å². The molecule has 5 aliphatic rings. The van der Waals surface area contributed by atoms with Crippen LogP contribution in [-0.4, -0.2) is 20.1 Å². The van der Waals surface area contributed by atoms with Crippen LogP contribution in [0.25, 0.3) is 0 Å². The van der Waals surface area contributed by atoms with Crippen molar-refractivity contribution in [2.75, 3.05) is 0 Å². The summed E-state index contributed by atoms with van der Waals surface area (Å²) in [6.45, 7) is 14.6. The van der Waals surface area contributed by atoms with E-state index in [-0.39, 0.29) is 0 Å². The summed E-state index contributed by atoms with van der Waals surface area (Å²) >= 11 is 0.449. The predicted molar refractivity (Wildman–Crippen MR) is 63.4 cm³/mol. The van der Waals surface area contributed by atoms with Gasteiger partial charge in [-0.15, -0.1) is 0 Å². The second-order valence-corrected chi connectivity index (χ2v) is 11.3. The maximum absolute atomic E-state index is 4.16. The van der Waals surface area contributed by atoms with Gasteiger partial charge in [0.15, 0.2) is 0 Å². The minimum atomic E-state index is 0.449. The van der Waals surface area contributed by atoms with Gasteiger partial charge in [0.1, 0.15) is 0 Å². The van der Waals surface area contributed by atoms with Crippen LogP contribution < -0.4 is 26.2 Å². The zero-order chi connectivity index (χ0) is 12.0. The molecule has 0 aromatic rings. The zero-order valence-electron chi connectivity index (χ0n) is 11.1. The van der Waals surface area contributed by atoms with Crippen molar-refractivity contribution in [1.29, 1.82) is 0 Å². The van der Waals surface area contributed by atoms with Crippen molar-refractivity contribution in [3.63, 3.8) is 0 Å². The Labute approximate surface area is 114 Å². The molecule has 0 aromatic heterocycles. The number of rotatable bonds is 1. The fourth-order valence-corrected chi connectivity index (χ4v) is 15.1. The molecule has 2 heteroatoms. The summed E-state index contributed by atoms with van der Waals surface area (Å²) in [7, 11) is 0. The first kappa shape index (κ1) is 10.2. The van der Waals surface area contributed by atoms with Crippen LogP contribution in [0.4, 0.5) is 0 Å². The summed E-state index contributed by atoms with van der Waals surface area (Å²) < 4.78 is 2.23. The Morgan fingerprint density at radius 3 is 2.47 bits per heavy atom. The summed E-state index contributed by atoms with van der Waals surface area (Å²) in [5, 5.41) is 0. The van der Waals surface area contributed by atoms with E-state index in [1.165, 1.54) is 0 Å². The average Bonchev–Trinajstić information content (AvgIpc) is 2.71. The van der Waals surface area contributed by atoms with Crippen LogP contribution in [0.1, 0.15) is 27.7 Å². The van der Waals surface area contributed by atoms with Crippen molar-refractivity contribution in [2.24, 2.45) is 40.4 Å². The van der Waals surface area contributed by atoms with E-state index in [1.54, 1.807) is 0 Å². The normalized spacial score (nSPS) is 81.5. The van der Waals surface area contributed by atoms with Gasteiger partial charge in [-0.2, -0.15) is 0 Å². The molecule has 0 aromatic carbocycles. The van der Waals surface area contributed by atoms with E-state index < -0.39 is 0 Å². The molecule has 1 nitrogen and oxygen atoms in total. The molecule has 5 fully saturated rings. The van der Waals surface area contributed by atoms with Crippen molar-refractivity contribution >= 4 is 6.72 Å². The Balaban J connectivity index is 1.86. The Hall–Kier alpha value is 0.400. The molecule has 10 atom stereocenters. The van der Waals surface area contributed by atoms with Crippen LogP contribution in [-0.2, 0) is 0 Å². The van der Waals surface area contributed by atoms with Crippen LogP contribution in [0.3, 0.4) is 0 Å². The van der Waals surface area contributed by atoms with Gasteiger partial charge in [0.05, 0.1) is 0 Å². The Morgan fingerprint density at radius 2 is 1.82 bits per heavy atom. The fourth-order valence-electron chi connectivity index (χ4n) is 7.80. The van der Waals surface area contributed by atoms with Crippen molar-refractivity contribution in [2.45, 2.75) is 41.1 Å². The van der Waals surface area contributed by atoms with Gasteiger partial charge in [-0.25, -0.2) is 0 Å². The van der Waals surface area contributed by atoms with Crippen LogP contribution in [0, 0.1) is 40.4 Å². The maximum atomic E-state index is 4.16. The molecule has 0 amide bonds. The van der Waals surface area contributed by atoms with Crippen LogP contribution in [0.15, 0.2) is 0 Å². The first-order valence-electron chi connectivity index (χ1n) is 7.13. The summed E-state index contributed by atoms with van der Waals surface area (Å²) in [6.07, 6.45) is 0. The molecule has 0 spiro atoms. The molecule has 2 bridgehead atoms. The molecule has 1 aliphatic heterocycles. The summed E-state index contributed by atoms with van der Waals surface area (Å²) in [6, 6.07) is 0. The molecule has 0 radical (unpaired) electrons. The first-order valence-corrected chi connectivity index (χ1v) is 9.62. The third-order valence-electron chi connectivity index (χ3n) is 8.36. The van der Waals surface area contributed by atoms with Gasteiger partial charge in [-0.1, -0.05) is 0 Å². The molecule has 17 heavy (non-hydrogen) atoms. The number of nitrogens with one attached hydrogen (secondary N) is 1. The Bertz CT molecular complexity index is 466. The molecular formula is C15H22IN. The van der Waals surface area contributed by atoms with Crippen LogP contribution in [0.5, 0.6) is 0 Å². The van der Waals surface area contributed by atoms with Gasteiger partial charge < -0.3 is 0 Å². The number of alkyl halides is 2. The van der Waals surface area contributed by atoms with Crippen molar-refractivity contribution in [1.82, 2.24) is 0 Å². The molecule has 5 rings (SSSR count). The average molecular weight is 343 g/mol. The molecule has 1 N–H and O–H groups in total. The van der Waals surface area contributed by atoms with Crippen molar-refractivity contribution < 1.29 is 26.2 Å². The summed E-state index contributed by atoms with van der Waals surface area (Å²) in [4.78, 5) is 3.61. The number of halogens is 1. The molecule has 4 aliphatic carbocycles. The second-order valence-electron chi connectivity index (χ2n) is 7.81. The van der Waals surface area contributed by atoms with E-state index >= 15 is 0 Å². The van der Waals surface area contributed by atoms with Crippen LogP contribution in [0.2, 0.25) is 0 Å². The number of hydrogen-bond acceptors (Lipinski definition) is 0. The van der Waals surface area contributed by atoms with Gasteiger partial charge in [-0.3, -0.25) is 0 Å². The molecular weight excluding hydrogens is 321 g/mol. The third kappa shape index (κ3) is 0.568. The topological polar surface area (TPSA) is 14.0 Å². The summed E-state index contributed by atoms with van der Waals surface area (Å²) in [5.74, 6) is 4.91. The number of hydrogen-bond donors (Lipinski definition) is 1. The van der Waals surface area contributed by atoms with E-state index in [2.05, 4.69) is 39.4 Å².